The number of nitrogen functional groups attached to an aromatic ring is 1. The summed E-state index contributed by atoms with van der Waals surface area (Å²) in [7, 11) is 1.69. The van der Waals surface area contributed by atoms with E-state index in [0.717, 1.165) is 16.8 Å². The van der Waals surface area contributed by atoms with Gasteiger partial charge in [-0.2, -0.15) is 5.26 Å². The van der Waals surface area contributed by atoms with Gasteiger partial charge in [-0.3, -0.25) is 0 Å². The summed E-state index contributed by atoms with van der Waals surface area (Å²) in [6, 6.07) is 3.42. The zero-order valence-corrected chi connectivity index (χ0v) is 11.4. The van der Waals surface area contributed by atoms with Gasteiger partial charge in [0.1, 0.15) is 17.5 Å². The van der Waals surface area contributed by atoms with Gasteiger partial charge in [-0.25, -0.2) is 17.9 Å². The van der Waals surface area contributed by atoms with E-state index in [1.54, 1.807) is 11.9 Å². The fraction of sp³-hybridized carbons (Fsp3) is 0.231. The van der Waals surface area contributed by atoms with E-state index in [2.05, 4.69) is 5.10 Å². The number of hydrogen-bond acceptors (Lipinski definition) is 4. The molecule has 8 heteroatoms. The van der Waals surface area contributed by atoms with Crippen LogP contribution >= 0.6 is 0 Å². The number of aromatic nitrogens is 2. The number of rotatable bonds is 3. The van der Waals surface area contributed by atoms with Crippen molar-refractivity contribution in [3.8, 4) is 11.8 Å². The second-order valence-electron chi connectivity index (χ2n) is 4.35. The molecule has 5 nitrogen and oxygen atoms in total. The number of benzene rings is 1. The van der Waals surface area contributed by atoms with Crippen molar-refractivity contribution in [3.05, 3.63) is 35.1 Å². The van der Waals surface area contributed by atoms with Crippen molar-refractivity contribution in [2.75, 3.05) is 24.2 Å². The molecule has 1 aromatic carbocycles. The summed E-state index contributed by atoms with van der Waals surface area (Å²) in [5.74, 6) is -4.08. The van der Waals surface area contributed by atoms with Crippen LogP contribution in [0.3, 0.4) is 0 Å². The van der Waals surface area contributed by atoms with Crippen LogP contribution in [0.25, 0.3) is 5.69 Å². The SMILES string of the molecule is CCN(C)c1nn(-c2cc(F)c(F)c(F)c2)c(N)c1C#N. The lowest BCUT2D eigenvalue weighted by molar-refractivity contribution is 0.446. The molecule has 0 fully saturated rings. The van der Waals surface area contributed by atoms with Crippen LogP contribution in [0.4, 0.5) is 24.8 Å². The Labute approximate surface area is 119 Å². The smallest absolute Gasteiger partial charge is 0.194 e. The molecule has 1 aromatic heterocycles. The van der Waals surface area contributed by atoms with Crippen molar-refractivity contribution in [3.63, 3.8) is 0 Å². The van der Waals surface area contributed by atoms with Crippen LogP contribution < -0.4 is 10.6 Å². The summed E-state index contributed by atoms with van der Waals surface area (Å²) < 4.78 is 40.6. The highest BCUT2D eigenvalue weighted by molar-refractivity contribution is 5.66. The van der Waals surface area contributed by atoms with Gasteiger partial charge in [0.05, 0.1) is 5.69 Å². The molecule has 110 valence electrons. The zero-order valence-electron chi connectivity index (χ0n) is 11.4. The van der Waals surface area contributed by atoms with Gasteiger partial charge >= 0.3 is 0 Å². The van der Waals surface area contributed by atoms with Crippen LogP contribution in [-0.4, -0.2) is 23.4 Å². The number of nitrogens with two attached hydrogens (primary N) is 1. The number of hydrogen-bond donors (Lipinski definition) is 1. The third-order valence-electron chi connectivity index (χ3n) is 3.06. The van der Waals surface area contributed by atoms with E-state index in [4.69, 9.17) is 11.0 Å². The Hall–Kier alpha value is -2.69. The largest absolute Gasteiger partial charge is 0.382 e. The Morgan fingerprint density at radius 1 is 1.33 bits per heavy atom. The molecule has 1 heterocycles. The molecular formula is C13H12F3N5. The molecule has 0 radical (unpaired) electrons. The molecule has 2 aromatic rings. The van der Waals surface area contributed by atoms with Crippen molar-refractivity contribution in [1.82, 2.24) is 9.78 Å². The number of halogens is 3. The van der Waals surface area contributed by atoms with Crippen LogP contribution in [0.5, 0.6) is 0 Å². The van der Waals surface area contributed by atoms with E-state index in [1.165, 1.54) is 0 Å². The number of nitrogens with zero attached hydrogens (tertiary/aromatic N) is 4. The minimum absolute atomic E-state index is 0.0711. The minimum atomic E-state index is -1.57. The van der Waals surface area contributed by atoms with E-state index in [9.17, 15) is 13.2 Å². The molecule has 0 saturated heterocycles. The highest BCUT2D eigenvalue weighted by Gasteiger charge is 2.21. The van der Waals surface area contributed by atoms with Crippen LogP contribution in [0.2, 0.25) is 0 Å². The van der Waals surface area contributed by atoms with Gasteiger partial charge < -0.3 is 10.6 Å². The molecule has 0 aliphatic carbocycles. The van der Waals surface area contributed by atoms with Crippen molar-refractivity contribution < 1.29 is 13.2 Å². The molecule has 0 bridgehead atoms. The maximum absolute atomic E-state index is 13.3. The summed E-state index contributed by atoms with van der Waals surface area (Å²) in [6.45, 7) is 2.39. The second-order valence-corrected chi connectivity index (χ2v) is 4.35. The average Bonchev–Trinajstić information content (AvgIpc) is 2.80. The lowest BCUT2D eigenvalue weighted by atomic mass is 10.2. The Morgan fingerprint density at radius 2 is 1.90 bits per heavy atom. The van der Waals surface area contributed by atoms with Gasteiger partial charge in [-0.05, 0) is 6.92 Å². The molecule has 2 N–H and O–H groups in total. The zero-order chi connectivity index (χ0) is 15.7. The van der Waals surface area contributed by atoms with Crippen molar-refractivity contribution in [1.29, 1.82) is 5.26 Å². The van der Waals surface area contributed by atoms with E-state index in [0.29, 0.717) is 6.54 Å². The summed E-state index contributed by atoms with van der Waals surface area (Å²) in [5.41, 5.74) is 5.78. The third kappa shape index (κ3) is 2.38. The van der Waals surface area contributed by atoms with Crippen LogP contribution in [0.15, 0.2) is 12.1 Å². The Bertz CT molecular complexity index is 709. The summed E-state index contributed by atoms with van der Waals surface area (Å²) in [4.78, 5) is 1.65. The third-order valence-corrected chi connectivity index (χ3v) is 3.06. The molecule has 0 spiro atoms. The molecule has 21 heavy (non-hydrogen) atoms. The van der Waals surface area contributed by atoms with Crippen molar-refractivity contribution in [2.24, 2.45) is 0 Å². The predicted molar refractivity (Wildman–Crippen MR) is 71.5 cm³/mol. The lowest BCUT2D eigenvalue weighted by Gasteiger charge is -2.12. The van der Waals surface area contributed by atoms with Gasteiger partial charge in [0.25, 0.3) is 0 Å². The monoisotopic (exact) mass is 295 g/mol. The summed E-state index contributed by atoms with van der Waals surface area (Å²) in [6.07, 6.45) is 0. The normalized spacial score (nSPS) is 10.5. The minimum Gasteiger partial charge on any atom is -0.382 e. The fourth-order valence-corrected chi connectivity index (χ4v) is 1.80. The predicted octanol–water partition coefficient (Wildman–Crippen LogP) is 2.20. The molecule has 0 aliphatic heterocycles. The van der Waals surface area contributed by atoms with Gasteiger partial charge in [0, 0.05) is 25.7 Å². The maximum Gasteiger partial charge on any atom is 0.194 e. The molecule has 0 atom stereocenters. The number of nitriles is 1. The van der Waals surface area contributed by atoms with Gasteiger partial charge in [-0.1, -0.05) is 0 Å². The lowest BCUT2D eigenvalue weighted by Crippen LogP contribution is -2.17. The van der Waals surface area contributed by atoms with Gasteiger partial charge in [-0.15, -0.1) is 5.10 Å². The first-order valence-electron chi connectivity index (χ1n) is 6.05. The number of anilines is 2. The Morgan fingerprint density at radius 3 is 2.38 bits per heavy atom. The topological polar surface area (TPSA) is 70.9 Å². The standard InChI is InChI=1S/C13H12F3N5/c1-3-20(2)13-8(6-17)12(18)21(19-13)7-4-9(14)11(16)10(15)5-7/h4-5H,3,18H2,1-2H3. The molecule has 0 saturated carbocycles. The first kappa shape index (κ1) is 14.7. The molecule has 0 amide bonds. The second kappa shape index (κ2) is 5.36. The van der Waals surface area contributed by atoms with Gasteiger partial charge in [0.15, 0.2) is 23.3 Å². The van der Waals surface area contributed by atoms with Crippen molar-refractivity contribution in [2.45, 2.75) is 6.92 Å². The van der Waals surface area contributed by atoms with Crippen LogP contribution in [-0.2, 0) is 0 Å². The van der Waals surface area contributed by atoms with Crippen LogP contribution in [0, 0.1) is 28.8 Å². The van der Waals surface area contributed by atoms with E-state index in [-0.39, 0.29) is 22.9 Å². The average molecular weight is 295 g/mol. The highest BCUT2D eigenvalue weighted by atomic mass is 19.2. The fourth-order valence-electron chi connectivity index (χ4n) is 1.80. The quantitative estimate of drug-likeness (QED) is 0.881. The Kier molecular flexibility index (Phi) is 3.76. The first-order chi connectivity index (χ1) is 9.90. The van der Waals surface area contributed by atoms with E-state index in [1.807, 2.05) is 13.0 Å². The Balaban J connectivity index is 2.66. The molecule has 2 rings (SSSR count). The summed E-state index contributed by atoms with van der Waals surface area (Å²) in [5, 5.41) is 13.2. The van der Waals surface area contributed by atoms with Crippen LogP contribution in [0.1, 0.15) is 12.5 Å². The summed E-state index contributed by atoms with van der Waals surface area (Å²) >= 11 is 0. The first-order valence-corrected chi connectivity index (χ1v) is 6.05. The highest BCUT2D eigenvalue weighted by Crippen LogP contribution is 2.27. The maximum atomic E-state index is 13.3. The molecule has 0 aliphatic rings. The van der Waals surface area contributed by atoms with Gasteiger partial charge in [0.2, 0.25) is 0 Å². The van der Waals surface area contributed by atoms with E-state index >= 15 is 0 Å². The van der Waals surface area contributed by atoms with E-state index < -0.39 is 17.5 Å². The van der Waals surface area contributed by atoms with Crippen molar-refractivity contribution >= 4 is 11.6 Å². The molecule has 0 unspecified atom stereocenters. The molecular weight excluding hydrogens is 283 g/mol.